The van der Waals surface area contributed by atoms with Crippen LogP contribution in [0.15, 0.2) is 0 Å². The number of nitrogens with two attached hydrogens (primary N) is 1. The Morgan fingerprint density at radius 2 is 2.07 bits per heavy atom. The van der Waals surface area contributed by atoms with Crippen molar-refractivity contribution in [1.29, 1.82) is 0 Å². The molecule has 0 unspecified atom stereocenters. The fourth-order valence-electron chi connectivity index (χ4n) is 1.61. The van der Waals surface area contributed by atoms with Gasteiger partial charge in [-0.25, -0.2) is 5.01 Å². The average molecular weight is 199 g/mol. The van der Waals surface area contributed by atoms with Crippen LogP contribution >= 0.6 is 0 Å². The van der Waals surface area contributed by atoms with Crippen molar-refractivity contribution in [2.45, 2.75) is 12.8 Å². The minimum atomic E-state index is -0.252. The molecule has 3 N–H and O–H groups in total. The van der Waals surface area contributed by atoms with E-state index in [1.165, 1.54) is 0 Å². The molecule has 1 amide bonds. The molecule has 5 heteroatoms. The molecule has 1 saturated heterocycles. The van der Waals surface area contributed by atoms with E-state index in [0.717, 1.165) is 25.9 Å². The predicted molar refractivity (Wildman–Crippen MR) is 51.3 cm³/mol. The van der Waals surface area contributed by atoms with Gasteiger partial charge in [-0.1, -0.05) is 0 Å². The molecule has 0 aromatic heterocycles. The van der Waals surface area contributed by atoms with Crippen LogP contribution in [0.25, 0.3) is 0 Å². The minimum Gasteiger partial charge on any atom is -0.379 e. The summed E-state index contributed by atoms with van der Waals surface area (Å²) in [5.41, 5.74) is 8.23. The van der Waals surface area contributed by atoms with E-state index in [1.54, 1.807) is 0 Å². The Morgan fingerprint density at radius 3 is 2.57 bits per heavy atom. The van der Waals surface area contributed by atoms with Gasteiger partial charge in [-0.2, -0.15) is 0 Å². The molecule has 1 saturated carbocycles. The van der Waals surface area contributed by atoms with Crippen molar-refractivity contribution in [3.8, 4) is 0 Å². The van der Waals surface area contributed by atoms with Crippen molar-refractivity contribution in [2.75, 3.05) is 32.8 Å². The molecule has 0 spiro atoms. The topological polar surface area (TPSA) is 67.6 Å². The maximum atomic E-state index is 11.8. The van der Waals surface area contributed by atoms with E-state index in [4.69, 9.17) is 10.5 Å². The second-order valence-corrected chi connectivity index (χ2v) is 4.02. The van der Waals surface area contributed by atoms with Crippen molar-refractivity contribution in [3.63, 3.8) is 0 Å². The number of carbonyl (C=O) groups excluding carboxylic acids is 1. The molecule has 1 heterocycles. The van der Waals surface area contributed by atoms with Crippen LogP contribution in [0, 0.1) is 5.41 Å². The number of morpholine rings is 1. The molecule has 0 aromatic carbocycles. The van der Waals surface area contributed by atoms with Gasteiger partial charge in [0.15, 0.2) is 0 Å². The molecule has 5 nitrogen and oxygen atoms in total. The van der Waals surface area contributed by atoms with Gasteiger partial charge < -0.3 is 10.5 Å². The zero-order chi connectivity index (χ0) is 10.0. The SMILES string of the molecule is NCC1(C(=O)NN2CCOCC2)CC1. The van der Waals surface area contributed by atoms with Crippen LogP contribution in [0.3, 0.4) is 0 Å². The van der Waals surface area contributed by atoms with Crippen molar-refractivity contribution in [3.05, 3.63) is 0 Å². The highest BCUT2D eigenvalue weighted by molar-refractivity contribution is 5.85. The number of hydrogen-bond donors (Lipinski definition) is 2. The van der Waals surface area contributed by atoms with E-state index in [2.05, 4.69) is 5.43 Å². The summed E-state index contributed by atoms with van der Waals surface area (Å²) in [6.45, 7) is 3.38. The first-order valence-corrected chi connectivity index (χ1v) is 5.11. The normalized spacial score (nSPS) is 25.8. The second kappa shape index (κ2) is 3.84. The minimum absolute atomic E-state index is 0.0851. The molecule has 2 rings (SSSR count). The Hall–Kier alpha value is -0.650. The Labute approximate surface area is 83.5 Å². The third kappa shape index (κ3) is 1.89. The molecular weight excluding hydrogens is 182 g/mol. The average Bonchev–Trinajstić information content (AvgIpc) is 3.00. The van der Waals surface area contributed by atoms with Crippen LogP contribution in [0.2, 0.25) is 0 Å². The van der Waals surface area contributed by atoms with Crippen LogP contribution in [-0.2, 0) is 9.53 Å². The van der Waals surface area contributed by atoms with E-state index < -0.39 is 0 Å². The number of carbonyl (C=O) groups is 1. The smallest absolute Gasteiger partial charge is 0.241 e. The molecule has 14 heavy (non-hydrogen) atoms. The highest BCUT2D eigenvalue weighted by Crippen LogP contribution is 2.44. The Bertz CT molecular complexity index is 222. The largest absolute Gasteiger partial charge is 0.379 e. The first-order chi connectivity index (χ1) is 6.77. The number of nitrogens with zero attached hydrogens (tertiary/aromatic N) is 1. The predicted octanol–water partition coefficient (Wildman–Crippen LogP) is -0.911. The summed E-state index contributed by atoms with van der Waals surface area (Å²) in [5.74, 6) is 0.0851. The van der Waals surface area contributed by atoms with Crippen molar-refractivity contribution in [1.82, 2.24) is 10.4 Å². The Kier molecular flexibility index (Phi) is 2.71. The summed E-state index contributed by atoms with van der Waals surface area (Å²) in [7, 11) is 0. The zero-order valence-corrected chi connectivity index (χ0v) is 8.29. The van der Waals surface area contributed by atoms with Crippen LogP contribution in [-0.4, -0.2) is 43.8 Å². The fourth-order valence-corrected chi connectivity index (χ4v) is 1.61. The summed E-state index contributed by atoms with van der Waals surface area (Å²) in [4.78, 5) is 11.8. The molecule has 1 aliphatic heterocycles. The fraction of sp³-hybridized carbons (Fsp3) is 0.889. The lowest BCUT2D eigenvalue weighted by Crippen LogP contribution is -2.51. The highest BCUT2D eigenvalue weighted by atomic mass is 16.5. The summed E-state index contributed by atoms with van der Waals surface area (Å²) in [6.07, 6.45) is 1.86. The third-order valence-corrected chi connectivity index (χ3v) is 3.00. The van der Waals surface area contributed by atoms with Gasteiger partial charge in [0.1, 0.15) is 0 Å². The van der Waals surface area contributed by atoms with E-state index in [0.29, 0.717) is 19.8 Å². The first-order valence-electron chi connectivity index (χ1n) is 5.11. The number of hydrazine groups is 1. The van der Waals surface area contributed by atoms with Crippen LogP contribution in [0.5, 0.6) is 0 Å². The van der Waals surface area contributed by atoms with E-state index >= 15 is 0 Å². The summed E-state index contributed by atoms with van der Waals surface area (Å²) in [5, 5.41) is 1.92. The van der Waals surface area contributed by atoms with Crippen LogP contribution in [0.1, 0.15) is 12.8 Å². The molecule has 1 aliphatic carbocycles. The Balaban J connectivity index is 1.81. The standard InChI is InChI=1S/C9H17N3O2/c10-7-9(1-2-9)8(13)11-12-3-5-14-6-4-12/h1-7,10H2,(H,11,13). The maximum Gasteiger partial charge on any atom is 0.241 e. The number of amides is 1. The van der Waals surface area contributed by atoms with Gasteiger partial charge in [-0.3, -0.25) is 10.2 Å². The quantitative estimate of drug-likeness (QED) is 0.617. The maximum absolute atomic E-state index is 11.8. The lowest BCUT2D eigenvalue weighted by atomic mass is 10.1. The van der Waals surface area contributed by atoms with E-state index in [9.17, 15) is 4.79 Å². The number of hydrogen-bond acceptors (Lipinski definition) is 4. The summed E-state index contributed by atoms with van der Waals surface area (Å²) >= 11 is 0. The lowest BCUT2D eigenvalue weighted by Gasteiger charge is -2.28. The number of nitrogens with one attached hydrogen (secondary N) is 1. The molecule has 0 bridgehead atoms. The second-order valence-electron chi connectivity index (χ2n) is 4.02. The van der Waals surface area contributed by atoms with Crippen LogP contribution in [0.4, 0.5) is 0 Å². The van der Waals surface area contributed by atoms with Crippen molar-refractivity contribution >= 4 is 5.91 Å². The van der Waals surface area contributed by atoms with Gasteiger partial charge in [0.2, 0.25) is 5.91 Å². The zero-order valence-electron chi connectivity index (χ0n) is 8.29. The van der Waals surface area contributed by atoms with Gasteiger partial charge in [0, 0.05) is 19.6 Å². The van der Waals surface area contributed by atoms with Gasteiger partial charge in [-0.15, -0.1) is 0 Å². The number of rotatable bonds is 3. The summed E-state index contributed by atoms with van der Waals surface area (Å²) in [6, 6.07) is 0. The monoisotopic (exact) mass is 199 g/mol. The van der Waals surface area contributed by atoms with Crippen LogP contribution < -0.4 is 11.2 Å². The van der Waals surface area contributed by atoms with Crippen molar-refractivity contribution in [2.24, 2.45) is 11.1 Å². The molecular formula is C9H17N3O2. The highest BCUT2D eigenvalue weighted by Gasteiger charge is 2.49. The van der Waals surface area contributed by atoms with Gasteiger partial charge in [-0.05, 0) is 12.8 Å². The molecule has 2 fully saturated rings. The molecule has 0 radical (unpaired) electrons. The summed E-state index contributed by atoms with van der Waals surface area (Å²) < 4.78 is 5.19. The lowest BCUT2D eigenvalue weighted by molar-refractivity contribution is -0.133. The van der Waals surface area contributed by atoms with Gasteiger partial charge in [0.05, 0.1) is 18.6 Å². The molecule has 2 aliphatic rings. The van der Waals surface area contributed by atoms with Gasteiger partial charge >= 0.3 is 0 Å². The molecule has 0 atom stereocenters. The van der Waals surface area contributed by atoms with Crippen molar-refractivity contribution < 1.29 is 9.53 Å². The number of ether oxygens (including phenoxy) is 1. The molecule has 0 aromatic rings. The van der Waals surface area contributed by atoms with E-state index in [1.807, 2.05) is 5.01 Å². The van der Waals surface area contributed by atoms with Gasteiger partial charge in [0.25, 0.3) is 0 Å². The Morgan fingerprint density at radius 1 is 1.43 bits per heavy atom. The third-order valence-electron chi connectivity index (χ3n) is 3.00. The molecule has 80 valence electrons. The first kappa shape index (κ1) is 9.89. The van der Waals surface area contributed by atoms with E-state index in [-0.39, 0.29) is 11.3 Å².